The van der Waals surface area contributed by atoms with Crippen molar-refractivity contribution in [2.45, 2.75) is 40.2 Å². The topological polar surface area (TPSA) is 44.1 Å². The van der Waals surface area contributed by atoms with E-state index in [2.05, 4.69) is 12.1 Å². The third-order valence-corrected chi connectivity index (χ3v) is 4.65. The van der Waals surface area contributed by atoms with E-state index in [1.54, 1.807) is 7.11 Å². The van der Waals surface area contributed by atoms with Crippen molar-refractivity contribution in [1.29, 1.82) is 0 Å². The maximum Gasteiger partial charge on any atom is 0.157 e. The van der Waals surface area contributed by atoms with Crippen LogP contribution in [0.1, 0.15) is 32.2 Å². The summed E-state index contributed by atoms with van der Waals surface area (Å²) in [5.74, 6) is 1.91. The first kappa shape index (κ1) is 18.2. The summed E-state index contributed by atoms with van der Waals surface area (Å²) in [6, 6.07) is 16.2. The van der Waals surface area contributed by atoms with E-state index < -0.39 is 0 Å². The molecule has 0 spiro atoms. The number of rotatable bonds is 6. The quantitative estimate of drug-likeness (QED) is 0.660. The number of aryl methyl sites for hydroxylation is 2. The Bertz CT molecular complexity index is 905. The summed E-state index contributed by atoms with van der Waals surface area (Å²) in [6.45, 7) is 6.20. The Morgan fingerprint density at radius 1 is 1.08 bits per heavy atom. The molecule has 1 heterocycles. The number of carbonyl (C=O) groups is 1. The highest BCUT2D eigenvalue weighted by Crippen LogP contribution is 2.25. The summed E-state index contributed by atoms with van der Waals surface area (Å²) < 4.78 is 7.41. The largest absolute Gasteiger partial charge is 0.497 e. The molecule has 2 aromatic carbocycles. The number of nitrogens with zero attached hydrogens (tertiary/aromatic N) is 2. The predicted octanol–water partition coefficient (Wildman–Crippen LogP) is 4.45. The number of hydrogen-bond acceptors (Lipinski definition) is 3. The molecule has 4 nitrogen and oxygen atoms in total. The first-order valence-electron chi connectivity index (χ1n) is 8.99. The smallest absolute Gasteiger partial charge is 0.157 e. The third-order valence-electron chi connectivity index (χ3n) is 4.65. The lowest BCUT2D eigenvalue weighted by Gasteiger charge is -2.18. The van der Waals surface area contributed by atoms with Crippen LogP contribution in [0.3, 0.4) is 0 Å². The number of carbonyl (C=O) groups excluding carboxylic acids is 1. The van der Waals surface area contributed by atoms with Gasteiger partial charge in [-0.1, -0.05) is 51.1 Å². The van der Waals surface area contributed by atoms with Gasteiger partial charge in [0.25, 0.3) is 0 Å². The fraction of sp³-hybridized carbons (Fsp3) is 0.364. The summed E-state index contributed by atoms with van der Waals surface area (Å²) in [4.78, 5) is 17.5. The summed E-state index contributed by atoms with van der Waals surface area (Å²) in [7, 11) is 1.65. The van der Waals surface area contributed by atoms with Gasteiger partial charge in [-0.3, -0.25) is 4.79 Å². The Hall–Kier alpha value is -2.62. The highest BCUT2D eigenvalue weighted by Gasteiger charge is 2.23. The van der Waals surface area contributed by atoms with Crippen molar-refractivity contribution in [2.75, 3.05) is 7.11 Å². The van der Waals surface area contributed by atoms with Crippen LogP contribution in [-0.2, 0) is 24.2 Å². The van der Waals surface area contributed by atoms with E-state index in [9.17, 15) is 4.79 Å². The molecule has 0 radical (unpaired) electrons. The number of ketones is 1. The minimum absolute atomic E-state index is 0.195. The Balaban J connectivity index is 1.97. The molecule has 0 fully saturated rings. The number of methoxy groups -OCH3 is 1. The van der Waals surface area contributed by atoms with Gasteiger partial charge in [0.1, 0.15) is 11.6 Å². The maximum absolute atomic E-state index is 12.7. The number of hydrogen-bond donors (Lipinski definition) is 0. The van der Waals surface area contributed by atoms with Gasteiger partial charge >= 0.3 is 0 Å². The van der Waals surface area contributed by atoms with Gasteiger partial charge < -0.3 is 9.30 Å². The van der Waals surface area contributed by atoms with E-state index in [4.69, 9.17) is 9.72 Å². The Labute approximate surface area is 154 Å². The molecular formula is C22H26N2O2. The van der Waals surface area contributed by atoms with Crippen molar-refractivity contribution in [3.63, 3.8) is 0 Å². The van der Waals surface area contributed by atoms with Crippen LogP contribution in [0.4, 0.5) is 0 Å². The number of ether oxygens (including phenoxy) is 1. The molecule has 0 amide bonds. The van der Waals surface area contributed by atoms with Crippen LogP contribution < -0.4 is 4.74 Å². The van der Waals surface area contributed by atoms with Crippen molar-refractivity contribution >= 4 is 16.8 Å². The second-order valence-corrected chi connectivity index (χ2v) is 7.63. The zero-order valence-corrected chi connectivity index (χ0v) is 16.0. The van der Waals surface area contributed by atoms with Crippen molar-refractivity contribution in [3.05, 3.63) is 59.9 Å². The highest BCUT2D eigenvalue weighted by molar-refractivity contribution is 5.86. The molecule has 1 aromatic heterocycles. The van der Waals surface area contributed by atoms with Gasteiger partial charge in [-0.25, -0.2) is 4.98 Å². The Morgan fingerprint density at radius 2 is 1.81 bits per heavy atom. The predicted molar refractivity (Wildman–Crippen MR) is 105 cm³/mol. The van der Waals surface area contributed by atoms with Crippen LogP contribution in [-0.4, -0.2) is 22.4 Å². The monoisotopic (exact) mass is 350 g/mol. The van der Waals surface area contributed by atoms with Crippen molar-refractivity contribution in [3.8, 4) is 5.75 Å². The molecule has 3 rings (SSSR count). The maximum atomic E-state index is 12.7. The molecule has 0 aliphatic heterocycles. The van der Waals surface area contributed by atoms with Crippen LogP contribution in [0.25, 0.3) is 11.0 Å². The average molecular weight is 350 g/mol. The molecule has 0 saturated heterocycles. The van der Waals surface area contributed by atoms with Crippen LogP contribution in [0, 0.1) is 5.41 Å². The van der Waals surface area contributed by atoms with E-state index in [0.717, 1.165) is 35.4 Å². The molecule has 0 bridgehead atoms. The first-order valence-corrected chi connectivity index (χ1v) is 8.99. The van der Waals surface area contributed by atoms with E-state index in [1.807, 2.05) is 61.7 Å². The van der Waals surface area contributed by atoms with Gasteiger partial charge in [0.2, 0.25) is 0 Å². The van der Waals surface area contributed by atoms with Gasteiger partial charge in [-0.2, -0.15) is 0 Å². The minimum atomic E-state index is -0.383. The summed E-state index contributed by atoms with van der Waals surface area (Å²) in [5, 5.41) is 0. The number of Topliss-reactive ketones (excluding diaryl/α,β-unsaturated/α-hetero) is 1. The molecule has 4 heteroatoms. The lowest BCUT2D eigenvalue weighted by atomic mass is 9.91. The van der Waals surface area contributed by atoms with Crippen LogP contribution in [0.15, 0.2) is 48.5 Å². The lowest BCUT2D eigenvalue weighted by Crippen LogP contribution is -2.25. The summed E-state index contributed by atoms with van der Waals surface area (Å²) >= 11 is 0. The first-order chi connectivity index (χ1) is 12.4. The molecular weight excluding hydrogens is 324 g/mol. The molecule has 0 N–H and O–H groups in total. The van der Waals surface area contributed by atoms with E-state index in [0.29, 0.717) is 6.54 Å². The van der Waals surface area contributed by atoms with Crippen LogP contribution in [0.2, 0.25) is 0 Å². The number of aromatic nitrogens is 2. The Kier molecular flexibility index (Phi) is 5.12. The average Bonchev–Trinajstić information content (AvgIpc) is 2.96. The third kappa shape index (κ3) is 3.96. The van der Waals surface area contributed by atoms with Crippen LogP contribution >= 0.6 is 0 Å². The molecule has 26 heavy (non-hydrogen) atoms. The van der Waals surface area contributed by atoms with Crippen LogP contribution in [0.5, 0.6) is 5.75 Å². The van der Waals surface area contributed by atoms with Gasteiger partial charge in [0.15, 0.2) is 5.78 Å². The second kappa shape index (κ2) is 7.32. The summed E-state index contributed by atoms with van der Waals surface area (Å²) in [5.41, 5.74) is 2.73. The van der Waals surface area contributed by atoms with E-state index >= 15 is 0 Å². The SMILES string of the molecule is COc1ccc2nc(CCc3ccccc3)n(CC(=O)C(C)(C)C)c2c1. The number of fused-ring (bicyclic) bond motifs is 1. The molecule has 0 aliphatic rings. The minimum Gasteiger partial charge on any atom is -0.497 e. The molecule has 0 saturated carbocycles. The van der Waals surface area contributed by atoms with Gasteiger partial charge in [-0.15, -0.1) is 0 Å². The van der Waals surface area contributed by atoms with Gasteiger partial charge in [0, 0.05) is 17.9 Å². The molecule has 0 atom stereocenters. The molecule has 3 aromatic rings. The Morgan fingerprint density at radius 3 is 2.46 bits per heavy atom. The fourth-order valence-electron chi connectivity index (χ4n) is 2.93. The number of benzene rings is 2. The standard InChI is InChI=1S/C22H26N2O2/c1-22(2,3)20(25)15-24-19-14-17(26-4)11-12-18(19)23-21(24)13-10-16-8-6-5-7-9-16/h5-9,11-12,14H,10,13,15H2,1-4H3. The number of imidazole rings is 1. The summed E-state index contributed by atoms with van der Waals surface area (Å²) in [6.07, 6.45) is 1.68. The van der Waals surface area contributed by atoms with Crippen molar-refractivity contribution < 1.29 is 9.53 Å². The lowest BCUT2D eigenvalue weighted by molar-refractivity contribution is -0.126. The molecule has 0 aliphatic carbocycles. The highest BCUT2D eigenvalue weighted by atomic mass is 16.5. The normalized spacial score (nSPS) is 11.7. The second-order valence-electron chi connectivity index (χ2n) is 7.63. The zero-order chi connectivity index (χ0) is 18.7. The van der Waals surface area contributed by atoms with E-state index in [1.165, 1.54) is 5.56 Å². The fourth-order valence-corrected chi connectivity index (χ4v) is 2.93. The van der Waals surface area contributed by atoms with Gasteiger partial charge in [-0.05, 0) is 24.1 Å². The van der Waals surface area contributed by atoms with Crippen molar-refractivity contribution in [2.24, 2.45) is 5.41 Å². The molecule has 136 valence electrons. The van der Waals surface area contributed by atoms with Gasteiger partial charge in [0.05, 0.1) is 24.7 Å². The zero-order valence-electron chi connectivity index (χ0n) is 16.0. The van der Waals surface area contributed by atoms with E-state index in [-0.39, 0.29) is 11.2 Å². The molecule has 0 unspecified atom stereocenters. The van der Waals surface area contributed by atoms with Crippen molar-refractivity contribution in [1.82, 2.24) is 9.55 Å².